The molecule has 0 fully saturated rings. The molecule has 2 aromatic carbocycles. The van der Waals surface area contributed by atoms with Gasteiger partial charge in [-0.25, -0.2) is 0 Å². The minimum atomic E-state index is -0.0275. The summed E-state index contributed by atoms with van der Waals surface area (Å²) in [6.45, 7) is 0. The van der Waals surface area contributed by atoms with Crippen LogP contribution in [0.2, 0.25) is 0 Å². The number of rotatable bonds is 7. The van der Waals surface area contributed by atoms with Gasteiger partial charge in [0.2, 0.25) is 0 Å². The Morgan fingerprint density at radius 3 is 2.48 bits per heavy atom. The lowest BCUT2D eigenvalue weighted by Gasteiger charge is -2.19. The fourth-order valence-electron chi connectivity index (χ4n) is 2.04. The molecule has 3 N–H and O–H groups in total. The van der Waals surface area contributed by atoms with Crippen molar-refractivity contribution < 1.29 is 9.47 Å². The van der Waals surface area contributed by atoms with E-state index in [0.29, 0.717) is 0 Å². The Kier molecular flexibility index (Phi) is 5.92. The molecular weight excluding hydrogens is 284 g/mol. The van der Waals surface area contributed by atoms with Crippen molar-refractivity contribution in [1.82, 2.24) is 5.43 Å². The summed E-state index contributed by atoms with van der Waals surface area (Å²) < 4.78 is 10.7. The average Bonchev–Trinajstić information content (AvgIpc) is 2.56. The number of methoxy groups -OCH3 is 2. The quantitative estimate of drug-likeness (QED) is 0.468. The summed E-state index contributed by atoms with van der Waals surface area (Å²) in [4.78, 5) is 1.21. The Hall–Kier alpha value is -1.69. The van der Waals surface area contributed by atoms with Gasteiger partial charge in [-0.3, -0.25) is 11.3 Å². The largest absolute Gasteiger partial charge is 0.497 e. The molecule has 5 heteroatoms. The molecule has 1 atom stereocenters. The van der Waals surface area contributed by atoms with Crippen LogP contribution in [-0.2, 0) is 0 Å². The minimum Gasteiger partial charge on any atom is -0.497 e. The first-order valence-corrected chi connectivity index (χ1v) is 7.63. The van der Waals surface area contributed by atoms with Gasteiger partial charge in [0, 0.05) is 16.2 Å². The molecule has 0 aliphatic heterocycles. The molecule has 0 amide bonds. The highest BCUT2D eigenvalue weighted by atomic mass is 32.2. The minimum absolute atomic E-state index is 0.0275. The smallest absolute Gasteiger partial charge is 0.123 e. The topological polar surface area (TPSA) is 56.5 Å². The van der Waals surface area contributed by atoms with E-state index in [9.17, 15) is 0 Å². The Balaban J connectivity index is 2.16. The van der Waals surface area contributed by atoms with Crippen LogP contribution in [0.1, 0.15) is 11.6 Å². The molecule has 2 aromatic rings. The molecule has 0 bridgehead atoms. The summed E-state index contributed by atoms with van der Waals surface area (Å²) in [6.07, 6.45) is 0. The van der Waals surface area contributed by atoms with Crippen molar-refractivity contribution in [3.63, 3.8) is 0 Å². The van der Waals surface area contributed by atoms with E-state index in [-0.39, 0.29) is 6.04 Å². The average molecular weight is 304 g/mol. The molecular formula is C16H20N2O2S. The molecule has 21 heavy (non-hydrogen) atoms. The zero-order chi connectivity index (χ0) is 15.1. The first kappa shape index (κ1) is 15.7. The van der Waals surface area contributed by atoms with Crippen LogP contribution in [0.5, 0.6) is 11.5 Å². The van der Waals surface area contributed by atoms with E-state index < -0.39 is 0 Å². The maximum atomic E-state index is 5.72. The number of hydrazine groups is 1. The summed E-state index contributed by atoms with van der Waals surface area (Å²) in [6, 6.07) is 15.9. The predicted octanol–water partition coefficient (Wildman–Crippen LogP) is 3.00. The van der Waals surface area contributed by atoms with Gasteiger partial charge in [0.15, 0.2) is 0 Å². The number of thioether (sulfide) groups is 1. The van der Waals surface area contributed by atoms with Gasteiger partial charge in [-0.2, -0.15) is 0 Å². The van der Waals surface area contributed by atoms with E-state index in [0.717, 1.165) is 22.8 Å². The number of hydrogen-bond donors (Lipinski definition) is 2. The van der Waals surface area contributed by atoms with E-state index in [1.165, 1.54) is 4.90 Å². The van der Waals surface area contributed by atoms with E-state index in [1.807, 2.05) is 36.4 Å². The van der Waals surface area contributed by atoms with E-state index in [2.05, 4.69) is 17.6 Å². The van der Waals surface area contributed by atoms with E-state index in [1.54, 1.807) is 26.0 Å². The standard InChI is InChI=1S/C16H20N2O2S/c1-19-12-8-9-16(20-2)14(10-12)15(18-17)11-21-13-6-4-3-5-7-13/h3-10,15,18H,11,17H2,1-2H3. The molecule has 2 rings (SSSR count). The lowest BCUT2D eigenvalue weighted by molar-refractivity contribution is 0.393. The second-order valence-corrected chi connectivity index (χ2v) is 5.54. The summed E-state index contributed by atoms with van der Waals surface area (Å²) >= 11 is 1.74. The molecule has 0 heterocycles. The van der Waals surface area contributed by atoms with Crippen LogP contribution in [0.4, 0.5) is 0 Å². The van der Waals surface area contributed by atoms with Crippen LogP contribution in [0.3, 0.4) is 0 Å². The van der Waals surface area contributed by atoms with Gasteiger partial charge in [0.05, 0.1) is 20.3 Å². The van der Waals surface area contributed by atoms with Crippen molar-refractivity contribution in [1.29, 1.82) is 0 Å². The molecule has 1 unspecified atom stereocenters. The van der Waals surface area contributed by atoms with Crippen molar-refractivity contribution in [3.05, 3.63) is 54.1 Å². The van der Waals surface area contributed by atoms with E-state index >= 15 is 0 Å². The molecule has 0 aliphatic rings. The molecule has 0 aliphatic carbocycles. The summed E-state index contributed by atoms with van der Waals surface area (Å²) in [7, 11) is 3.30. The highest BCUT2D eigenvalue weighted by molar-refractivity contribution is 7.99. The zero-order valence-electron chi connectivity index (χ0n) is 12.2. The maximum Gasteiger partial charge on any atom is 0.123 e. The molecule has 112 valence electrons. The number of ether oxygens (including phenoxy) is 2. The van der Waals surface area contributed by atoms with Gasteiger partial charge < -0.3 is 9.47 Å². The molecule has 4 nitrogen and oxygen atoms in total. The van der Waals surface area contributed by atoms with Crippen molar-refractivity contribution >= 4 is 11.8 Å². The third-order valence-corrected chi connectivity index (χ3v) is 4.28. The number of nitrogens with one attached hydrogen (secondary N) is 1. The first-order valence-electron chi connectivity index (χ1n) is 6.64. The molecule has 0 saturated heterocycles. The fourth-order valence-corrected chi connectivity index (χ4v) is 3.02. The lowest BCUT2D eigenvalue weighted by Crippen LogP contribution is -2.30. The Bertz CT molecular complexity index is 563. The third kappa shape index (κ3) is 4.14. The van der Waals surface area contributed by atoms with Gasteiger partial charge in [0.1, 0.15) is 11.5 Å². The molecule has 0 radical (unpaired) electrons. The van der Waals surface area contributed by atoms with Crippen molar-refractivity contribution in [2.45, 2.75) is 10.9 Å². The van der Waals surface area contributed by atoms with Crippen LogP contribution in [0.15, 0.2) is 53.4 Å². The van der Waals surface area contributed by atoms with Crippen LogP contribution in [-0.4, -0.2) is 20.0 Å². The highest BCUT2D eigenvalue weighted by Crippen LogP contribution is 2.32. The van der Waals surface area contributed by atoms with Crippen molar-refractivity contribution in [2.75, 3.05) is 20.0 Å². The van der Waals surface area contributed by atoms with Gasteiger partial charge in [-0.05, 0) is 30.3 Å². The zero-order valence-corrected chi connectivity index (χ0v) is 13.0. The second kappa shape index (κ2) is 7.93. The number of benzene rings is 2. The van der Waals surface area contributed by atoms with Gasteiger partial charge in [-0.15, -0.1) is 11.8 Å². The number of nitrogens with two attached hydrogens (primary N) is 1. The second-order valence-electron chi connectivity index (χ2n) is 4.45. The molecule has 0 saturated carbocycles. The van der Waals surface area contributed by atoms with Crippen LogP contribution in [0, 0.1) is 0 Å². The molecule has 0 aromatic heterocycles. The van der Waals surface area contributed by atoms with Gasteiger partial charge >= 0.3 is 0 Å². The number of hydrogen-bond acceptors (Lipinski definition) is 5. The van der Waals surface area contributed by atoms with Crippen LogP contribution >= 0.6 is 11.8 Å². The Morgan fingerprint density at radius 2 is 1.86 bits per heavy atom. The van der Waals surface area contributed by atoms with Gasteiger partial charge in [0.25, 0.3) is 0 Å². The Labute approximate surface area is 129 Å². The lowest BCUT2D eigenvalue weighted by atomic mass is 10.1. The van der Waals surface area contributed by atoms with Crippen LogP contribution < -0.4 is 20.7 Å². The van der Waals surface area contributed by atoms with Crippen molar-refractivity contribution in [3.8, 4) is 11.5 Å². The highest BCUT2D eigenvalue weighted by Gasteiger charge is 2.16. The van der Waals surface area contributed by atoms with Gasteiger partial charge in [-0.1, -0.05) is 18.2 Å². The first-order chi connectivity index (χ1) is 10.3. The fraction of sp³-hybridized carbons (Fsp3) is 0.250. The Morgan fingerprint density at radius 1 is 1.10 bits per heavy atom. The predicted molar refractivity (Wildman–Crippen MR) is 86.8 cm³/mol. The summed E-state index contributed by atoms with van der Waals surface area (Å²) in [5.74, 6) is 8.11. The monoisotopic (exact) mass is 304 g/mol. The molecule has 0 spiro atoms. The van der Waals surface area contributed by atoms with Crippen molar-refractivity contribution in [2.24, 2.45) is 5.84 Å². The summed E-state index contributed by atoms with van der Waals surface area (Å²) in [5.41, 5.74) is 3.85. The summed E-state index contributed by atoms with van der Waals surface area (Å²) in [5, 5.41) is 0. The normalized spacial score (nSPS) is 12.0. The third-order valence-electron chi connectivity index (χ3n) is 3.17. The maximum absolute atomic E-state index is 5.72. The van der Waals surface area contributed by atoms with E-state index in [4.69, 9.17) is 15.3 Å². The SMILES string of the molecule is COc1ccc(OC)c(C(CSc2ccccc2)NN)c1. The van der Waals surface area contributed by atoms with Crippen LogP contribution in [0.25, 0.3) is 0 Å².